The van der Waals surface area contributed by atoms with Gasteiger partial charge < -0.3 is 15.0 Å². The molecule has 0 bridgehead atoms. The highest BCUT2D eigenvalue weighted by Gasteiger charge is 2.28. The van der Waals surface area contributed by atoms with Crippen LogP contribution >= 0.6 is 0 Å². The maximum absolute atomic E-state index is 12.6. The van der Waals surface area contributed by atoms with Crippen molar-refractivity contribution >= 4 is 11.9 Å². The molecule has 27 heavy (non-hydrogen) atoms. The molecule has 5 nitrogen and oxygen atoms in total. The molecule has 0 aliphatic carbocycles. The van der Waals surface area contributed by atoms with Crippen LogP contribution in [0.3, 0.4) is 0 Å². The molecule has 1 aliphatic rings. The van der Waals surface area contributed by atoms with E-state index in [4.69, 9.17) is 4.74 Å². The molecule has 1 fully saturated rings. The van der Waals surface area contributed by atoms with Crippen molar-refractivity contribution < 1.29 is 14.3 Å². The van der Waals surface area contributed by atoms with Crippen molar-refractivity contribution in [3.63, 3.8) is 0 Å². The van der Waals surface area contributed by atoms with Gasteiger partial charge in [-0.3, -0.25) is 9.59 Å². The van der Waals surface area contributed by atoms with E-state index in [1.165, 1.54) is 7.11 Å². The number of carbonyl (C=O) groups is 2. The molecule has 0 saturated carbocycles. The zero-order valence-electron chi connectivity index (χ0n) is 15.6. The summed E-state index contributed by atoms with van der Waals surface area (Å²) in [6.07, 6.45) is 2.23. The monoisotopic (exact) mass is 366 g/mol. The standard InChI is InChI=1S/C22H26N2O3/c1-27-22(26)20(16-17-8-4-2-5-9-17)23-19-12-14-24(15-13-19)21(25)18-10-6-3-7-11-18/h2-11,19-20,23H,12-16H2,1H3. The second-order valence-electron chi connectivity index (χ2n) is 6.86. The van der Waals surface area contributed by atoms with E-state index in [-0.39, 0.29) is 24.0 Å². The maximum atomic E-state index is 12.6. The van der Waals surface area contributed by atoms with E-state index in [1.54, 1.807) is 0 Å². The van der Waals surface area contributed by atoms with E-state index >= 15 is 0 Å². The number of benzene rings is 2. The summed E-state index contributed by atoms with van der Waals surface area (Å²) in [6.45, 7) is 1.37. The summed E-state index contributed by atoms with van der Waals surface area (Å²) in [7, 11) is 1.42. The predicted octanol–water partition coefficient (Wildman–Crippen LogP) is 2.67. The fourth-order valence-corrected chi connectivity index (χ4v) is 3.50. The Labute approximate surface area is 160 Å². The van der Waals surface area contributed by atoms with Gasteiger partial charge in [0.05, 0.1) is 7.11 Å². The SMILES string of the molecule is COC(=O)C(Cc1ccccc1)NC1CCN(C(=O)c2ccccc2)CC1. The number of piperidine rings is 1. The van der Waals surface area contributed by atoms with Gasteiger partial charge in [-0.1, -0.05) is 48.5 Å². The first kappa shape index (κ1) is 19.1. The number of ether oxygens (including phenoxy) is 1. The highest BCUT2D eigenvalue weighted by atomic mass is 16.5. The molecule has 1 N–H and O–H groups in total. The molecule has 0 aromatic heterocycles. The molecule has 1 unspecified atom stereocenters. The van der Waals surface area contributed by atoms with Gasteiger partial charge in [0.1, 0.15) is 6.04 Å². The van der Waals surface area contributed by atoms with Crippen LogP contribution in [0.5, 0.6) is 0 Å². The minimum Gasteiger partial charge on any atom is -0.468 e. The average Bonchev–Trinajstić information content (AvgIpc) is 2.74. The molecule has 1 amide bonds. The highest BCUT2D eigenvalue weighted by molar-refractivity contribution is 5.94. The third kappa shape index (κ3) is 5.17. The lowest BCUT2D eigenvalue weighted by molar-refractivity contribution is -0.143. The largest absolute Gasteiger partial charge is 0.468 e. The lowest BCUT2D eigenvalue weighted by Crippen LogP contribution is -2.50. The first-order valence-corrected chi connectivity index (χ1v) is 9.39. The second kappa shape index (κ2) is 9.33. The topological polar surface area (TPSA) is 58.6 Å². The van der Waals surface area contributed by atoms with Gasteiger partial charge in [0.2, 0.25) is 0 Å². The van der Waals surface area contributed by atoms with Gasteiger partial charge in [0.15, 0.2) is 0 Å². The van der Waals surface area contributed by atoms with Crippen LogP contribution in [0.25, 0.3) is 0 Å². The Morgan fingerprint density at radius 1 is 1.04 bits per heavy atom. The van der Waals surface area contributed by atoms with Crippen molar-refractivity contribution in [1.82, 2.24) is 10.2 Å². The normalized spacial score (nSPS) is 16.0. The van der Waals surface area contributed by atoms with E-state index in [9.17, 15) is 9.59 Å². The Kier molecular flexibility index (Phi) is 6.60. The maximum Gasteiger partial charge on any atom is 0.323 e. The molecule has 3 rings (SSSR count). The van der Waals surface area contributed by atoms with E-state index in [1.807, 2.05) is 65.6 Å². The van der Waals surface area contributed by atoms with Crippen molar-refractivity contribution in [3.8, 4) is 0 Å². The van der Waals surface area contributed by atoms with Crippen LogP contribution < -0.4 is 5.32 Å². The van der Waals surface area contributed by atoms with E-state index in [2.05, 4.69) is 5.32 Å². The number of esters is 1. The molecule has 1 saturated heterocycles. The van der Waals surface area contributed by atoms with Gasteiger partial charge in [0, 0.05) is 24.7 Å². The van der Waals surface area contributed by atoms with Gasteiger partial charge in [-0.2, -0.15) is 0 Å². The molecule has 142 valence electrons. The van der Waals surface area contributed by atoms with Crippen LogP contribution in [-0.4, -0.2) is 49.1 Å². The van der Waals surface area contributed by atoms with Crippen molar-refractivity contribution in [2.45, 2.75) is 31.3 Å². The molecule has 1 heterocycles. The minimum atomic E-state index is -0.376. The number of carbonyl (C=O) groups excluding carboxylic acids is 2. The van der Waals surface area contributed by atoms with E-state index in [0.29, 0.717) is 19.5 Å². The molecule has 5 heteroatoms. The molecule has 0 spiro atoms. The molecule has 2 aromatic carbocycles. The fourth-order valence-electron chi connectivity index (χ4n) is 3.50. The third-order valence-electron chi connectivity index (χ3n) is 5.01. The number of rotatable bonds is 6. The van der Waals surface area contributed by atoms with Crippen LogP contribution in [-0.2, 0) is 16.0 Å². The number of methoxy groups -OCH3 is 1. The molecular weight excluding hydrogens is 340 g/mol. The lowest BCUT2D eigenvalue weighted by atomic mass is 10.00. The fraction of sp³-hybridized carbons (Fsp3) is 0.364. The number of hydrogen-bond donors (Lipinski definition) is 1. The molecular formula is C22H26N2O3. The Morgan fingerprint density at radius 3 is 2.22 bits per heavy atom. The average molecular weight is 366 g/mol. The van der Waals surface area contributed by atoms with E-state index in [0.717, 1.165) is 24.0 Å². The first-order chi connectivity index (χ1) is 13.2. The van der Waals surface area contributed by atoms with Crippen LogP contribution in [0.4, 0.5) is 0 Å². The summed E-state index contributed by atoms with van der Waals surface area (Å²) in [4.78, 5) is 26.6. The van der Waals surface area contributed by atoms with Crippen molar-refractivity contribution in [2.75, 3.05) is 20.2 Å². The number of amides is 1. The second-order valence-corrected chi connectivity index (χ2v) is 6.86. The number of nitrogens with one attached hydrogen (secondary N) is 1. The van der Waals surface area contributed by atoms with Crippen LogP contribution in [0.2, 0.25) is 0 Å². The van der Waals surface area contributed by atoms with Gasteiger partial charge in [-0.05, 0) is 37.0 Å². The predicted molar refractivity (Wildman–Crippen MR) is 104 cm³/mol. The number of likely N-dealkylation sites (tertiary alicyclic amines) is 1. The Bertz CT molecular complexity index is 741. The molecule has 2 aromatic rings. The summed E-state index contributed by atoms with van der Waals surface area (Å²) in [5, 5.41) is 3.44. The molecule has 1 aliphatic heterocycles. The number of hydrogen-bond acceptors (Lipinski definition) is 4. The van der Waals surface area contributed by atoms with Crippen molar-refractivity contribution in [1.29, 1.82) is 0 Å². The van der Waals surface area contributed by atoms with Crippen LogP contribution in [0.1, 0.15) is 28.8 Å². The summed E-state index contributed by atoms with van der Waals surface area (Å²) >= 11 is 0. The van der Waals surface area contributed by atoms with E-state index < -0.39 is 0 Å². The van der Waals surface area contributed by atoms with Gasteiger partial charge in [-0.25, -0.2) is 0 Å². The zero-order chi connectivity index (χ0) is 19.1. The zero-order valence-corrected chi connectivity index (χ0v) is 15.6. The van der Waals surface area contributed by atoms with Crippen molar-refractivity contribution in [3.05, 3.63) is 71.8 Å². The number of nitrogens with zero attached hydrogens (tertiary/aromatic N) is 1. The Balaban J connectivity index is 1.56. The van der Waals surface area contributed by atoms with Gasteiger partial charge >= 0.3 is 5.97 Å². The van der Waals surface area contributed by atoms with Gasteiger partial charge in [0.25, 0.3) is 5.91 Å². The van der Waals surface area contributed by atoms with Crippen molar-refractivity contribution in [2.24, 2.45) is 0 Å². The minimum absolute atomic E-state index is 0.0721. The quantitative estimate of drug-likeness (QED) is 0.799. The molecule has 0 radical (unpaired) electrons. The van der Waals surface area contributed by atoms with Crippen LogP contribution in [0.15, 0.2) is 60.7 Å². The summed E-state index contributed by atoms with van der Waals surface area (Å²) in [5.74, 6) is -0.176. The molecule has 1 atom stereocenters. The Morgan fingerprint density at radius 2 is 1.63 bits per heavy atom. The van der Waals surface area contributed by atoms with Crippen LogP contribution in [0, 0.1) is 0 Å². The first-order valence-electron chi connectivity index (χ1n) is 9.39. The Hall–Kier alpha value is -2.66. The highest BCUT2D eigenvalue weighted by Crippen LogP contribution is 2.16. The smallest absolute Gasteiger partial charge is 0.323 e. The summed E-state index contributed by atoms with van der Waals surface area (Å²) < 4.78 is 4.98. The summed E-state index contributed by atoms with van der Waals surface area (Å²) in [5.41, 5.74) is 1.82. The lowest BCUT2D eigenvalue weighted by Gasteiger charge is -2.34. The summed E-state index contributed by atoms with van der Waals surface area (Å²) in [6, 6.07) is 19.1. The third-order valence-corrected chi connectivity index (χ3v) is 5.01. The van der Waals surface area contributed by atoms with Gasteiger partial charge in [-0.15, -0.1) is 0 Å².